The molecule has 136 valence electrons. The molecule has 1 aromatic rings. The lowest BCUT2D eigenvalue weighted by molar-refractivity contribution is 0.245. The van der Waals surface area contributed by atoms with E-state index in [1.807, 2.05) is 6.07 Å². The van der Waals surface area contributed by atoms with Crippen molar-refractivity contribution in [2.24, 2.45) is 15.7 Å². The van der Waals surface area contributed by atoms with Crippen LogP contribution in [0.15, 0.2) is 28.2 Å². The minimum absolute atomic E-state index is 0.0707. The maximum Gasteiger partial charge on any atom is 0.197 e. The maximum atomic E-state index is 6.41. The molecule has 2 heterocycles. The summed E-state index contributed by atoms with van der Waals surface area (Å²) in [4.78, 5) is 14.0. The normalized spacial score (nSPS) is 21.9. The SMILES string of the molecule is CC(C)N1CCN=C1N1CCCCC1C(N)=Nc1ccc(Cl)c(Cl)c1. The molecule has 0 radical (unpaired) electrons. The summed E-state index contributed by atoms with van der Waals surface area (Å²) in [5.41, 5.74) is 7.14. The van der Waals surface area contributed by atoms with Gasteiger partial charge in [-0.1, -0.05) is 23.2 Å². The number of benzene rings is 1. The Hall–Kier alpha value is -1.46. The highest BCUT2D eigenvalue weighted by Gasteiger charge is 2.33. The van der Waals surface area contributed by atoms with Crippen molar-refractivity contribution < 1.29 is 0 Å². The third-order valence-electron chi connectivity index (χ3n) is 4.74. The molecule has 0 amide bonds. The van der Waals surface area contributed by atoms with E-state index in [2.05, 4.69) is 28.6 Å². The zero-order valence-corrected chi connectivity index (χ0v) is 16.3. The van der Waals surface area contributed by atoms with E-state index in [1.54, 1.807) is 12.1 Å². The summed E-state index contributed by atoms with van der Waals surface area (Å²) in [6.07, 6.45) is 3.29. The number of aliphatic imine (C=N–C) groups is 2. The largest absolute Gasteiger partial charge is 0.385 e. The first-order valence-electron chi connectivity index (χ1n) is 8.84. The van der Waals surface area contributed by atoms with Crippen LogP contribution >= 0.6 is 23.2 Å². The highest BCUT2D eigenvalue weighted by atomic mass is 35.5. The van der Waals surface area contributed by atoms with E-state index in [9.17, 15) is 0 Å². The highest BCUT2D eigenvalue weighted by Crippen LogP contribution is 2.28. The fraction of sp³-hybridized carbons (Fsp3) is 0.556. The molecule has 1 unspecified atom stereocenters. The number of nitrogens with two attached hydrogens (primary N) is 1. The summed E-state index contributed by atoms with van der Waals surface area (Å²) in [6, 6.07) is 5.83. The molecule has 3 rings (SSSR count). The number of likely N-dealkylation sites (tertiary alicyclic amines) is 1. The molecule has 0 spiro atoms. The summed E-state index contributed by atoms with van der Waals surface area (Å²) in [7, 11) is 0. The minimum Gasteiger partial charge on any atom is -0.385 e. The van der Waals surface area contributed by atoms with Gasteiger partial charge >= 0.3 is 0 Å². The first kappa shape index (κ1) is 18.3. The lowest BCUT2D eigenvalue weighted by Crippen LogP contribution is -2.55. The van der Waals surface area contributed by atoms with Crippen molar-refractivity contribution in [3.05, 3.63) is 28.2 Å². The summed E-state index contributed by atoms with van der Waals surface area (Å²) in [5.74, 6) is 1.67. The second-order valence-electron chi connectivity index (χ2n) is 6.81. The van der Waals surface area contributed by atoms with Crippen LogP contribution in [-0.2, 0) is 0 Å². The van der Waals surface area contributed by atoms with Gasteiger partial charge in [0.05, 0.1) is 28.3 Å². The highest BCUT2D eigenvalue weighted by molar-refractivity contribution is 6.42. The molecule has 2 N–H and O–H groups in total. The van der Waals surface area contributed by atoms with Gasteiger partial charge in [-0.05, 0) is 51.3 Å². The minimum atomic E-state index is 0.0707. The van der Waals surface area contributed by atoms with Crippen LogP contribution in [-0.4, -0.2) is 53.3 Å². The number of hydrogen-bond donors (Lipinski definition) is 1. The van der Waals surface area contributed by atoms with Gasteiger partial charge in [0, 0.05) is 19.1 Å². The summed E-state index contributed by atoms with van der Waals surface area (Å²) >= 11 is 12.1. The van der Waals surface area contributed by atoms with Crippen LogP contribution in [0.25, 0.3) is 0 Å². The van der Waals surface area contributed by atoms with Crippen LogP contribution in [0.2, 0.25) is 10.0 Å². The van der Waals surface area contributed by atoms with Crippen molar-refractivity contribution in [3.63, 3.8) is 0 Å². The molecule has 2 aliphatic heterocycles. The van der Waals surface area contributed by atoms with Crippen molar-refractivity contribution in [3.8, 4) is 0 Å². The van der Waals surface area contributed by atoms with Crippen molar-refractivity contribution in [1.29, 1.82) is 0 Å². The fourth-order valence-electron chi connectivity index (χ4n) is 3.45. The van der Waals surface area contributed by atoms with E-state index in [0.29, 0.717) is 21.9 Å². The smallest absolute Gasteiger partial charge is 0.197 e. The Morgan fingerprint density at radius 3 is 2.76 bits per heavy atom. The molecular formula is C18H25Cl2N5. The van der Waals surface area contributed by atoms with Gasteiger partial charge in [-0.2, -0.15) is 0 Å². The van der Waals surface area contributed by atoms with Gasteiger partial charge < -0.3 is 15.5 Å². The molecule has 1 saturated heterocycles. The van der Waals surface area contributed by atoms with Crippen LogP contribution in [0.5, 0.6) is 0 Å². The molecule has 0 saturated carbocycles. The summed E-state index contributed by atoms with van der Waals surface area (Å²) < 4.78 is 0. The van der Waals surface area contributed by atoms with Gasteiger partial charge in [-0.15, -0.1) is 0 Å². The third kappa shape index (κ3) is 4.04. The second-order valence-corrected chi connectivity index (χ2v) is 7.62. The number of amidine groups is 1. The summed E-state index contributed by atoms with van der Waals surface area (Å²) in [5, 5.41) is 1.01. The molecule has 7 heteroatoms. The molecule has 0 aromatic heterocycles. The van der Waals surface area contributed by atoms with E-state index in [1.165, 1.54) is 0 Å². The second kappa shape index (κ2) is 7.83. The Labute approximate surface area is 159 Å². The molecule has 5 nitrogen and oxygen atoms in total. The predicted molar refractivity (Wildman–Crippen MR) is 106 cm³/mol. The zero-order valence-electron chi connectivity index (χ0n) is 14.8. The van der Waals surface area contributed by atoms with E-state index in [4.69, 9.17) is 33.9 Å². The van der Waals surface area contributed by atoms with Crippen molar-refractivity contribution in [2.75, 3.05) is 19.6 Å². The van der Waals surface area contributed by atoms with Gasteiger partial charge in [-0.25, -0.2) is 4.99 Å². The van der Waals surface area contributed by atoms with Crippen LogP contribution in [0, 0.1) is 0 Å². The van der Waals surface area contributed by atoms with Crippen molar-refractivity contribution in [2.45, 2.75) is 45.2 Å². The first-order chi connectivity index (χ1) is 12.0. The van der Waals surface area contributed by atoms with Crippen molar-refractivity contribution in [1.82, 2.24) is 9.80 Å². The molecule has 1 atom stereocenters. The lowest BCUT2D eigenvalue weighted by Gasteiger charge is -2.40. The van der Waals surface area contributed by atoms with Crippen LogP contribution in [0.1, 0.15) is 33.1 Å². The zero-order chi connectivity index (χ0) is 18.0. The average Bonchev–Trinajstić information content (AvgIpc) is 3.08. The van der Waals surface area contributed by atoms with Crippen LogP contribution < -0.4 is 5.73 Å². The molecule has 2 aliphatic rings. The molecule has 0 aliphatic carbocycles. The summed E-state index contributed by atoms with van der Waals surface area (Å²) in [6.45, 7) is 7.19. The molecule has 1 aromatic carbocycles. The van der Waals surface area contributed by atoms with Gasteiger partial charge in [0.15, 0.2) is 5.96 Å². The monoisotopic (exact) mass is 381 g/mol. The number of nitrogens with zero attached hydrogens (tertiary/aromatic N) is 4. The first-order valence-corrected chi connectivity index (χ1v) is 9.60. The van der Waals surface area contributed by atoms with E-state index in [-0.39, 0.29) is 6.04 Å². The Kier molecular flexibility index (Phi) is 5.74. The quantitative estimate of drug-likeness (QED) is 0.637. The van der Waals surface area contributed by atoms with Gasteiger partial charge in [0.1, 0.15) is 5.84 Å². The van der Waals surface area contributed by atoms with Gasteiger partial charge in [0.25, 0.3) is 0 Å². The number of rotatable bonds is 3. The average molecular weight is 382 g/mol. The van der Waals surface area contributed by atoms with E-state index in [0.717, 1.165) is 50.5 Å². The van der Waals surface area contributed by atoms with Gasteiger partial charge in [-0.3, -0.25) is 4.99 Å². The number of halogens is 2. The Balaban J connectivity index is 1.85. The standard InChI is InChI=1S/C18H25Cl2N5/c1-12(2)24-10-8-22-18(24)25-9-4-3-5-16(25)17(21)23-13-6-7-14(19)15(20)11-13/h6-7,11-12,16H,3-5,8-10H2,1-2H3,(H2,21,23). The number of guanidine groups is 1. The predicted octanol–water partition coefficient (Wildman–Crippen LogP) is 3.92. The fourth-order valence-corrected chi connectivity index (χ4v) is 3.74. The van der Waals surface area contributed by atoms with E-state index >= 15 is 0 Å². The Bertz CT molecular complexity index is 686. The number of piperidine rings is 1. The topological polar surface area (TPSA) is 57.2 Å². The molecule has 0 bridgehead atoms. The van der Waals surface area contributed by atoms with Crippen LogP contribution in [0.3, 0.4) is 0 Å². The molecule has 1 fully saturated rings. The Morgan fingerprint density at radius 1 is 1.24 bits per heavy atom. The lowest BCUT2D eigenvalue weighted by atomic mass is 10.0. The molecule has 25 heavy (non-hydrogen) atoms. The maximum absolute atomic E-state index is 6.41. The number of hydrogen-bond acceptors (Lipinski definition) is 4. The van der Waals surface area contributed by atoms with Crippen LogP contribution in [0.4, 0.5) is 5.69 Å². The third-order valence-corrected chi connectivity index (χ3v) is 5.48. The van der Waals surface area contributed by atoms with Gasteiger partial charge in [0.2, 0.25) is 0 Å². The van der Waals surface area contributed by atoms with Crippen molar-refractivity contribution >= 4 is 40.7 Å². The van der Waals surface area contributed by atoms with E-state index < -0.39 is 0 Å². The Morgan fingerprint density at radius 2 is 2.04 bits per heavy atom. The molecular weight excluding hydrogens is 357 g/mol.